The maximum absolute atomic E-state index is 13.1. The standard InChI is InChI=1S/C37H62F3NO4Si2/c1-25-29(22-30(44-46(11,12)34(4,5)6)23-33(25)45-47(13,14)35(7,8)9)18-17-28-16-15-21-36(10)31(19-20-32(28)36)26(2)43-41(27(3)42)24-37(38,39)40/h17-19,26,30,32-33H,1,15-16,20-24H2,2-14H3/t26-,30+,32?,33-,36+/m0/s1. The fraction of sp³-hybridized carbons (Fsp3) is 0.757. The number of allylic oxidation sites excluding steroid dienone is 4. The van der Waals surface area contributed by atoms with Gasteiger partial charge in [0.05, 0.1) is 12.2 Å². The molecule has 0 N–H and O–H groups in total. The predicted octanol–water partition coefficient (Wildman–Crippen LogP) is 10.8. The molecule has 0 radical (unpaired) electrons. The van der Waals surface area contributed by atoms with Crippen LogP contribution in [0.1, 0.15) is 101 Å². The van der Waals surface area contributed by atoms with Crippen molar-refractivity contribution in [2.45, 2.75) is 162 Å². The van der Waals surface area contributed by atoms with Crippen molar-refractivity contribution in [2.24, 2.45) is 11.3 Å². The molecule has 0 saturated heterocycles. The zero-order valence-corrected chi connectivity index (χ0v) is 33.4. The Hall–Kier alpha value is -1.47. The number of fused-ring (bicyclic) bond motifs is 1. The van der Waals surface area contributed by atoms with E-state index in [4.69, 9.17) is 13.7 Å². The molecule has 0 spiro atoms. The minimum atomic E-state index is -4.54. The molecule has 1 amide bonds. The van der Waals surface area contributed by atoms with E-state index in [1.165, 1.54) is 11.1 Å². The van der Waals surface area contributed by atoms with Gasteiger partial charge in [0.2, 0.25) is 5.91 Å². The summed E-state index contributed by atoms with van der Waals surface area (Å²) in [4.78, 5) is 17.7. The number of rotatable bonds is 9. The number of amides is 1. The highest BCUT2D eigenvalue weighted by molar-refractivity contribution is 6.74. The van der Waals surface area contributed by atoms with E-state index in [2.05, 4.69) is 99.5 Å². The molecule has 10 heteroatoms. The minimum absolute atomic E-state index is 0.0519. The summed E-state index contributed by atoms with van der Waals surface area (Å²) in [5.74, 6) is -0.539. The van der Waals surface area contributed by atoms with Gasteiger partial charge in [-0.3, -0.25) is 9.63 Å². The van der Waals surface area contributed by atoms with Gasteiger partial charge in [-0.1, -0.05) is 78.8 Å². The highest BCUT2D eigenvalue weighted by atomic mass is 28.4. The van der Waals surface area contributed by atoms with Crippen molar-refractivity contribution in [3.05, 3.63) is 47.1 Å². The second-order valence-corrected chi connectivity index (χ2v) is 26.9. The molecule has 2 fully saturated rings. The summed E-state index contributed by atoms with van der Waals surface area (Å²) in [6.07, 6.45) is 6.66. The van der Waals surface area contributed by atoms with Crippen molar-refractivity contribution in [3.8, 4) is 0 Å². The number of hydroxylamine groups is 2. The number of carbonyl (C=O) groups excluding carboxylic acids is 1. The average molecular weight is 698 g/mol. The van der Waals surface area contributed by atoms with E-state index in [1.807, 2.05) is 0 Å². The van der Waals surface area contributed by atoms with Crippen LogP contribution in [-0.2, 0) is 18.5 Å². The Labute approximate surface area is 285 Å². The number of nitrogens with zero attached hydrogens (tertiary/aromatic N) is 1. The lowest BCUT2D eigenvalue weighted by atomic mass is 9.63. The van der Waals surface area contributed by atoms with Crippen molar-refractivity contribution < 1.29 is 31.7 Å². The van der Waals surface area contributed by atoms with Crippen molar-refractivity contribution in [2.75, 3.05) is 6.54 Å². The van der Waals surface area contributed by atoms with E-state index < -0.39 is 41.4 Å². The normalized spacial score (nSPS) is 28.8. The van der Waals surface area contributed by atoms with Crippen LogP contribution in [0.4, 0.5) is 13.2 Å². The van der Waals surface area contributed by atoms with Crippen LogP contribution in [0, 0.1) is 11.3 Å². The molecule has 0 aliphatic heterocycles. The van der Waals surface area contributed by atoms with Gasteiger partial charge in [-0.15, -0.1) is 0 Å². The average Bonchev–Trinajstić information content (AvgIpc) is 3.24. The third-order valence-corrected chi connectivity index (χ3v) is 20.8. The van der Waals surface area contributed by atoms with E-state index in [-0.39, 0.29) is 33.6 Å². The van der Waals surface area contributed by atoms with Crippen molar-refractivity contribution in [3.63, 3.8) is 0 Å². The summed E-state index contributed by atoms with van der Waals surface area (Å²) in [5, 5.41) is 0.616. The van der Waals surface area contributed by atoms with Crippen molar-refractivity contribution in [1.82, 2.24) is 5.06 Å². The molecule has 5 atom stereocenters. The number of halogens is 3. The highest BCUT2D eigenvalue weighted by Crippen LogP contribution is 2.56. The number of hydrogen-bond acceptors (Lipinski definition) is 4. The summed E-state index contributed by atoms with van der Waals surface area (Å²) in [6.45, 7) is 31.0. The van der Waals surface area contributed by atoms with Gasteiger partial charge in [0, 0.05) is 13.3 Å². The first-order valence-electron chi connectivity index (χ1n) is 17.3. The molecule has 0 heterocycles. The van der Waals surface area contributed by atoms with Gasteiger partial charge in [0.25, 0.3) is 0 Å². The number of carbonyl (C=O) groups is 1. The molecule has 0 bridgehead atoms. The molecule has 5 nitrogen and oxygen atoms in total. The largest absolute Gasteiger partial charge is 0.413 e. The molecular formula is C37H62F3NO4Si2. The molecule has 0 aromatic heterocycles. The van der Waals surface area contributed by atoms with Crippen molar-refractivity contribution >= 4 is 22.5 Å². The lowest BCUT2D eigenvalue weighted by Gasteiger charge is -2.45. The van der Waals surface area contributed by atoms with E-state index in [0.29, 0.717) is 5.06 Å². The van der Waals surface area contributed by atoms with Crippen LogP contribution in [0.5, 0.6) is 0 Å². The molecule has 0 aromatic rings. The maximum atomic E-state index is 13.1. The Balaban J connectivity index is 1.90. The monoisotopic (exact) mass is 697 g/mol. The van der Waals surface area contributed by atoms with E-state index in [9.17, 15) is 18.0 Å². The second-order valence-electron chi connectivity index (χ2n) is 17.4. The van der Waals surface area contributed by atoms with Gasteiger partial charge >= 0.3 is 6.18 Å². The van der Waals surface area contributed by atoms with Crippen molar-refractivity contribution in [1.29, 1.82) is 0 Å². The van der Waals surface area contributed by atoms with Gasteiger partial charge in [-0.2, -0.15) is 13.2 Å². The fourth-order valence-electron chi connectivity index (χ4n) is 6.88. The third kappa shape index (κ3) is 9.41. The third-order valence-electron chi connectivity index (χ3n) is 11.7. The van der Waals surface area contributed by atoms with E-state index >= 15 is 0 Å². The Morgan fingerprint density at radius 2 is 1.64 bits per heavy atom. The van der Waals surface area contributed by atoms with Crippen LogP contribution in [0.3, 0.4) is 0 Å². The van der Waals surface area contributed by atoms with Gasteiger partial charge in [0.1, 0.15) is 12.6 Å². The van der Waals surface area contributed by atoms with E-state index in [0.717, 1.165) is 56.6 Å². The quantitative estimate of drug-likeness (QED) is 0.137. The van der Waals surface area contributed by atoms with Gasteiger partial charge < -0.3 is 8.85 Å². The Kier molecular flexibility index (Phi) is 11.9. The maximum Gasteiger partial charge on any atom is 0.408 e. The zero-order chi connectivity index (χ0) is 36.0. The first-order chi connectivity index (χ1) is 21.2. The first-order valence-corrected chi connectivity index (χ1v) is 23.2. The molecule has 47 heavy (non-hydrogen) atoms. The van der Waals surface area contributed by atoms with Crippen LogP contribution in [0.15, 0.2) is 47.1 Å². The lowest BCUT2D eigenvalue weighted by Crippen LogP contribution is -2.49. The van der Waals surface area contributed by atoms with Crippen LogP contribution in [0.25, 0.3) is 0 Å². The molecule has 3 aliphatic rings. The minimum Gasteiger partial charge on any atom is -0.413 e. The Morgan fingerprint density at radius 1 is 1.06 bits per heavy atom. The summed E-state index contributed by atoms with van der Waals surface area (Å²) < 4.78 is 53.5. The molecule has 3 aliphatic carbocycles. The Bertz CT molecular complexity index is 1270. The smallest absolute Gasteiger partial charge is 0.408 e. The predicted molar refractivity (Wildman–Crippen MR) is 191 cm³/mol. The van der Waals surface area contributed by atoms with Crippen LogP contribution in [0.2, 0.25) is 36.3 Å². The second kappa shape index (κ2) is 14.0. The van der Waals surface area contributed by atoms with Gasteiger partial charge in [0.15, 0.2) is 16.6 Å². The molecule has 1 unspecified atom stereocenters. The summed E-state index contributed by atoms with van der Waals surface area (Å²) in [7, 11) is -4.10. The number of alkyl halides is 3. The number of hydrogen-bond donors (Lipinski definition) is 0. The molecule has 268 valence electrons. The van der Waals surface area contributed by atoms with Crippen LogP contribution in [-0.4, -0.2) is 58.6 Å². The summed E-state index contributed by atoms with van der Waals surface area (Å²) in [6, 6.07) is 0. The highest BCUT2D eigenvalue weighted by Gasteiger charge is 2.48. The summed E-state index contributed by atoms with van der Waals surface area (Å²) >= 11 is 0. The molecular weight excluding hydrogens is 636 g/mol. The Morgan fingerprint density at radius 3 is 2.17 bits per heavy atom. The first kappa shape index (κ1) is 40.0. The molecule has 0 aromatic carbocycles. The van der Waals surface area contributed by atoms with Gasteiger partial charge in [-0.05, 0) is 103 Å². The molecule has 2 saturated carbocycles. The summed E-state index contributed by atoms with van der Waals surface area (Å²) in [5.41, 5.74) is 4.28. The lowest BCUT2D eigenvalue weighted by molar-refractivity contribution is -0.242. The van der Waals surface area contributed by atoms with Crippen LogP contribution >= 0.6 is 0 Å². The van der Waals surface area contributed by atoms with Gasteiger partial charge in [-0.25, -0.2) is 5.06 Å². The van der Waals surface area contributed by atoms with Crippen LogP contribution < -0.4 is 0 Å². The SMILES string of the molecule is C=C1C(=CC=C2CCC[C@]3(C)C([C@H](C)ON(CC(F)(F)F)C(C)=O)=CCC23)C[C@@H](O[Si](C)(C)C(C)(C)C)C[C@@H]1O[Si](C)(C)C(C)(C)C. The molecule has 3 rings (SSSR count). The zero-order valence-electron chi connectivity index (χ0n) is 31.4. The fourth-order valence-corrected chi connectivity index (χ4v) is 9.55. The topological polar surface area (TPSA) is 48.0 Å². The van der Waals surface area contributed by atoms with E-state index in [1.54, 1.807) is 6.92 Å².